The minimum atomic E-state index is -1.10. The van der Waals surface area contributed by atoms with Crippen molar-refractivity contribution in [2.45, 2.75) is 26.6 Å². The molecular formula is C31H38O8. The van der Waals surface area contributed by atoms with Gasteiger partial charge in [0.05, 0.1) is 39.5 Å². The molecule has 1 N–H and O–H groups in total. The largest absolute Gasteiger partial charge is 0.497 e. The Morgan fingerprint density at radius 2 is 1.23 bits per heavy atom. The lowest BCUT2D eigenvalue weighted by Crippen LogP contribution is -2.18. The molecule has 3 rings (SSSR count). The summed E-state index contributed by atoms with van der Waals surface area (Å²) in [6.07, 6.45) is -0.342. The van der Waals surface area contributed by atoms with E-state index in [1.807, 2.05) is 62.4 Å². The highest BCUT2D eigenvalue weighted by Crippen LogP contribution is 2.27. The molecule has 39 heavy (non-hydrogen) atoms. The number of hydrogen-bond donors (Lipinski definition) is 1. The normalized spacial score (nSPS) is 12.4. The highest BCUT2D eigenvalue weighted by atomic mass is 16.6. The molecular weight excluding hydrogens is 500 g/mol. The number of esters is 1. The van der Waals surface area contributed by atoms with Gasteiger partial charge in [-0.15, -0.1) is 0 Å². The molecule has 0 aliphatic carbocycles. The molecule has 0 aromatic heterocycles. The van der Waals surface area contributed by atoms with E-state index < -0.39 is 6.29 Å². The lowest BCUT2D eigenvalue weighted by molar-refractivity contribution is -0.149. The number of rotatable bonds is 17. The van der Waals surface area contributed by atoms with Gasteiger partial charge in [-0.25, -0.2) is 0 Å². The second kappa shape index (κ2) is 16.4. The molecule has 0 saturated carbocycles. The predicted molar refractivity (Wildman–Crippen MR) is 148 cm³/mol. The Hall–Kier alpha value is -3.59. The van der Waals surface area contributed by atoms with Crippen LogP contribution in [0.5, 0.6) is 17.2 Å². The van der Waals surface area contributed by atoms with Crippen molar-refractivity contribution in [2.24, 2.45) is 5.92 Å². The minimum Gasteiger partial charge on any atom is -0.497 e. The lowest BCUT2D eigenvalue weighted by Gasteiger charge is -2.15. The fourth-order valence-electron chi connectivity index (χ4n) is 3.49. The van der Waals surface area contributed by atoms with E-state index >= 15 is 0 Å². The first-order chi connectivity index (χ1) is 19.0. The Kier molecular flexibility index (Phi) is 12.6. The molecule has 0 amide bonds. The first kappa shape index (κ1) is 30.0. The van der Waals surface area contributed by atoms with Crippen LogP contribution in [0, 0.1) is 5.92 Å². The van der Waals surface area contributed by atoms with Crippen molar-refractivity contribution in [1.82, 2.24) is 0 Å². The summed E-state index contributed by atoms with van der Waals surface area (Å²) in [5, 5.41) is 10.5. The van der Waals surface area contributed by atoms with Crippen molar-refractivity contribution < 1.29 is 38.3 Å². The van der Waals surface area contributed by atoms with Gasteiger partial charge in [-0.05, 0) is 66.1 Å². The number of ether oxygens (including phenoxy) is 6. The molecule has 0 fully saturated rings. The van der Waals surface area contributed by atoms with Gasteiger partial charge in [0.15, 0.2) is 0 Å². The zero-order chi connectivity index (χ0) is 27.9. The number of carbonyl (C=O) groups is 1. The van der Waals surface area contributed by atoms with E-state index in [-0.39, 0.29) is 18.5 Å². The smallest absolute Gasteiger partial charge is 0.308 e. The molecule has 0 spiro atoms. The first-order valence-corrected chi connectivity index (χ1v) is 13.1. The first-order valence-electron chi connectivity index (χ1n) is 13.1. The summed E-state index contributed by atoms with van der Waals surface area (Å²) in [5.74, 6) is 1.76. The number of aliphatic hydroxyl groups is 1. The van der Waals surface area contributed by atoms with E-state index in [0.717, 1.165) is 23.3 Å². The number of methoxy groups -OCH3 is 1. The molecule has 2 atom stereocenters. The molecule has 0 bridgehead atoms. The van der Waals surface area contributed by atoms with Gasteiger partial charge in [-0.1, -0.05) is 38.1 Å². The number of hydrogen-bond acceptors (Lipinski definition) is 8. The van der Waals surface area contributed by atoms with Gasteiger partial charge in [0.2, 0.25) is 6.29 Å². The minimum absolute atomic E-state index is 0.0853. The van der Waals surface area contributed by atoms with Gasteiger partial charge in [-0.3, -0.25) is 4.79 Å². The van der Waals surface area contributed by atoms with Crippen molar-refractivity contribution in [3.8, 4) is 28.4 Å². The van der Waals surface area contributed by atoms with Crippen LogP contribution in [0.4, 0.5) is 0 Å². The zero-order valence-electron chi connectivity index (χ0n) is 22.8. The Morgan fingerprint density at radius 3 is 1.79 bits per heavy atom. The van der Waals surface area contributed by atoms with Crippen LogP contribution in [-0.2, 0) is 19.0 Å². The third-order valence-electron chi connectivity index (χ3n) is 6.05. The van der Waals surface area contributed by atoms with Gasteiger partial charge in [0.1, 0.15) is 30.5 Å². The Labute approximate surface area is 230 Å². The quantitative estimate of drug-likeness (QED) is 0.138. The van der Waals surface area contributed by atoms with Crippen LogP contribution in [0.3, 0.4) is 0 Å². The molecule has 0 aliphatic heterocycles. The average Bonchev–Trinajstić information content (AvgIpc) is 2.98. The van der Waals surface area contributed by atoms with Gasteiger partial charge in [0, 0.05) is 5.56 Å². The lowest BCUT2D eigenvalue weighted by atomic mass is 10.1. The fraction of sp³-hybridized carbons (Fsp3) is 0.387. The van der Waals surface area contributed by atoms with Crippen LogP contribution in [0.2, 0.25) is 0 Å². The van der Waals surface area contributed by atoms with Crippen molar-refractivity contribution in [1.29, 1.82) is 0 Å². The summed E-state index contributed by atoms with van der Waals surface area (Å²) in [6.45, 7) is 6.02. The van der Waals surface area contributed by atoms with Crippen LogP contribution < -0.4 is 14.2 Å². The number of carbonyl (C=O) groups excluding carboxylic acids is 1. The molecule has 0 heterocycles. The predicted octanol–water partition coefficient (Wildman–Crippen LogP) is 5.43. The second-order valence-electron chi connectivity index (χ2n) is 8.84. The highest BCUT2D eigenvalue weighted by Gasteiger charge is 2.11. The van der Waals surface area contributed by atoms with Crippen molar-refractivity contribution in [3.63, 3.8) is 0 Å². The third kappa shape index (κ3) is 10.2. The summed E-state index contributed by atoms with van der Waals surface area (Å²) in [5.41, 5.74) is 2.72. The molecule has 210 valence electrons. The molecule has 3 aromatic rings. The standard InChI is InChI=1S/C31H38O8/c1-4-23(2)30(32)38-22-20-36-18-17-35-19-21-37-28-13-9-26(10-14-28)31(33)39-29-15-7-25(8-16-29)24-5-11-27(34-3)12-6-24/h5-16,23,31,33H,4,17-22H2,1-3H3. The van der Waals surface area contributed by atoms with Crippen molar-refractivity contribution in [3.05, 3.63) is 78.4 Å². The molecule has 2 unspecified atom stereocenters. The summed E-state index contributed by atoms with van der Waals surface area (Å²) < 4.78 is 32.6. The Morgan fingerprint density at radius 1 is 0.718 bits per heavy atom. The topological polar surface area (TPSA) is 92.7 Å². The fourth-order valence-corrected chi connectivity index (χ4v) is 3.49. The Balaban J connectivity index is 1.29. The molecule has 8 heteroatoms. The van der Waals surface area contributed by atoms with Gasteiger partial charge in [0.25, 0.3) is 0 Å². The molecule has 8 nitrogen and oxygen atoms in total. The maximum atomic E-state index is 11.6. The molecule has 0 radical (unpaired) electrons. The third-order valence-corrected chi connectivity index (χ3v) is 6.05. The maximum absolute atomic E-state index is 11.6. The van der Waals surface area contributed by atoms with Crippen LogP contribution >= 0.6 is 0 Å². The zero-order valence-corrected chi connectivity index (χ0v) is 22.8. The van der Waals surface area contributed by atoms with E-state index in [1.165, 1.54) is 0 Å². The SMILES string of the molecule is CCC(C)C(=O)OCCOCCOCCOc1ccc(C(O)Oc2ccc(-c3ccc(OC)cc3)cc2)cc1. The van der Waals surface area contributed by atoms with Crippen LogP contribution in [-0.4, -0.2) is 57.8 Å². The van der Waals surface area contributed by atoms with E-state index in [4.69, 9.17) is 28.4 Å². The maximum Gasteiger partial charge on any atom is 0.308 e. The van der Waals surface area contributed by atoms with E-state index in [0.29, 0.717) is 50.1 Å². The van der Waals surface area contributed by atoms with Crippen molar-refractivity contribution in [2.75, 3.05) is 46.8 Å². The highest BCUT2D eigenvalue weighted by molar-refractivity contribution is 5.71. The summed E-state index contributed by atoms with van der Waals surface area (Å²) >= 11 is 0. The van der Waals surface area contributed by atoms with Crippen LogP contribution in [0.15, 0.2) is 72.8 Å². The van der Waals surface area contributed by atoms with Crippen molar-refractivity contribution >= 4 is 5.97 Å². The average molecular weight is 539 g/mol. The summed E-state index contributed by atoms with van der Waals surface area (Å²) in [6, 6.07) is 22.4. The summed E-state index contributed by atoms with van der Waals surface area (Å²) in [7, 11) is 1.64. The van der Waals surface area contributed by atoms with Gasteiger partial charge >= 0.3 is 5.97 Å². The molecule has 0 saturated heterocycles. The number of benzene rings is 3. The van der Waals surface area contributed by atoms with E-state index in [2.05, 4.69) is 0 Å². The van der Waals surface area contributed by atoms with Crippen LogP contribution in [0.25, 0.3) is 11.1 Å². The molecule has 0 aliphatic rings. The molecule has 3 aromatic carbocycles. The number of aliphatic hydroxyl groups excluding tert-OH is 1. The Bertz CT molecular complexity index is 1100. The second-order valence-corrected chi connectivity index (χ2v) is 8.84. The van der Waals surface area contributed by atoms with Gasteiger partial charge in [-0.2, -0.15) is 0 Å². The van der Waals surface area contributed by atoms with Gasteiger partial charge < -0.3 is 33.5 Å². The van der Waals surface area contributed by atoms with E-state index in [9.17, 15) is 9.90 Å². The summed E-state index contributed by atoms with van der Waals surface area (Å²) in [4.78, 5) is 11.6. The van der Waals surface area contributed by atoms with E-state index in [1.54, 1.807) is 31.4 Å². The van der Waals surface area contributed by atoms with Crippen LogP contribution in [0.1, 0.15) is 32.1 Å². The monoisotopic (exact) mass is 538 g/mol.